The molecule has 0 fully saturated rings. The van der Waals surface area contributed by atoms with Gasteiger partial charge in [0.1, 0.15) is 10.1 Å². The lowest BCUT2D eigenvalue weighted by Gasteiger charge is -2.06. The van der Waals surface area contributed by atoms with Gasteiger partial charge >= 0.3 is 0 Å². The zero-order valence-corrected chi connectivity index (χ0v) is 11.2. The van der Waals surface area contributed by atoms with Gasteiger partial charge in [-0.2, -0.15) is 5.10 Å². The number of rotatable bonds is 3. The fraction of sp³-hybridized carbons (Fsp3) is 0.167. The van der Waals surface area contributed by atoms with E-state index in [9.17, 15) is 4.79 Å². The maximum atomic E-state index is 11.5. The van der Waals surface area contributed by atoms with Gasteiger partial charge in [-0.3, -0.25) is 10.0 Å². The summed E-state index contributed by atoms with van der Waals surface area (Å²) in [5, 5.41) is 17.5. The first kappa shape index (κ1) is 13.4. The third-order valence-corrected chi connectivity index (χ3v) is 3.22. The van der Waals surface area contributed by atoms with E-state index < -0.39 is 5.91 Å². The van der Waals surface area contributed by atoms with Crippen molar-refractivity contribution in [3.05, 3.63) is 41.2 Å². The van der Waals surface area contributed by atoms with Crippen LogP contribution in [0.15, 0.2) is 34.4 Å². The predicted molar refractivity (Wildman–Crippen MR) is 69.1 cm³/mol. The topological polar surface area (TPSA) is 88.0 Å². The number of aromatic nitrogens is 3. The zero-order valence-electron chi connectivity index (χ0n) is 10.4. The number of pyridine rings is 1. The zero-order chi connectivity index (χ0) is 13.8. The van der Waals surface area contributed by atoms with Crippen LogP contribution in [-0.2, 0) is 0 Å². The van der Waals surface area contributed by atoms with Crippen molar-refractivity contribution in [3.63, 3.8) is 0 Å². The Hall–Kier alpha value is -1.99. The van der Waals surface area contributed by atoms with Gasteiger partial charge in [-0.15, -0.1) is 5.10 Å². The molecule has 0 radical (unpaired) electrons. The normalized spacial score (nSPS) is 10.3. The summed E-state index contributed by atoms with van der Waals surface area (Å²) in [6.07, 6.45) is 1.39. The van der Waals surface area contributed by atoms with Crippen LogP contribution >= 0.6 is 11.8 Å². The molecule has 0 aliphatic rings. The van der Waals surface area contributed by atoms with Gasteiger partial charge in [-0.25, -0.2) is 10.5 Å². The highest BCUT2D eigenvalue weighted by Gasteiger charge is 2.14. The first-order chi connectivity index (χ1) is 9.10. The summed E-state index contributed by atoms with van der Waals surface area (Å²) < 4.78 is 0. The molecule has 1 amide bonds. The van der Waals surface area contributed by atoms with Crippen LogP contribution in [0.3, 0.4) is 0 Å². The molecule has 2 aromatic heterocycles. The number of nitrogens with one attached hydrogen (secondary N) is 1. The van der Waals surface area contributed by atoms with Crippen LogP contribution in [-0.4, -0.2) is 26.3 Å². The van der Waals surface area contributed by atoms with E-state index in [0.29, 0.717) is 5.03 Å². The van der Waals surface area contributed by atoms with E-state index in [1.807, 2.05) is 26.0 Å². The van der Waals surface area contributed by atoms with E-state index in [1.54, 1.807) is 5.48 Å². The minimum atomic E-state index is -0.623. The van der Waals surface area contributed by atoms with E-state index in [0.717, 1.165) is 16.3 Å². The largest absolute Gasteiger partial charge is 0.288 e. The van der Waals surface area contributed by atoms with Gasteiger partial charge in [0.05, 0.1) is 11.8 Å². The molecule has 0 aliphatic heterocycles. The molecule has 19 heavy (non-hydrogen) atoms. The Morgan fingerprint density at radius 1 is 1.37 bits per heavy atom. The van der Waals surface area contributed by atoms with Crippen molar-refractivity contribution in [2.24, 2.45) is 0 Å². The lowest BCUT2D eigenvalue weighted by atomic mass is 10.3. The smallest absolute Gasteiger partial charge is 0.277 e. The summed E-state index contributed by atoms with van der Waals surface area (Å²) in [7, 11) is 0. The second-order valence-electron chi connectivity index (χ2n) is 3.92. The van der Waals surface area contributed by atoms with Crippen molar-refractivity contribution in [1.29, 1.82) is 0 Å². The standard InChI is InChI=1S/C12H12N4O2S/c1-7-5-8(2)14-10(6-7)19-12-9(11(17)16-18)3-4-13-15-12/h3-6,18H,1-2H3,(H,16,17). The SMILES string of the molecule is Cc1cc(C)nc(Sc2nnccc2C(=O)NO)c1. The highest BCUT2D eigenvalue weighted by Crippen LogP contribution is 2.27. The van der Waals surface area contributed by atoms with E-state index >= 15 is 0 Å². The lowest BCUT2D eigenvalue weighted by Crippen LogP contribution is -2.20. The van der Waals surface area contributed by atoms with E-state index in [1.165, 1.54) is 24.0 Å². The average molecular weight is 276 g/mol. The van der Waals surface area contributed by atoms with E-state index in [-0.39, 0.29) is 5.56 Å². The molecule has 0 saturated heterocycles. The Bertz CT molecular complexity index is 598. The molecule has 7 heteroatoms. The maximum Gasteiger partial charge on any atom is 0.277 e. The summed E-state index contributed by atoms with van der Waals surface area (Å²) in [6, 6.07) is 5.35. The van der Waals surface area contributed by atoms with Crippen LogP contribution in [0.1, 0.15) is 21.6 Å². The molecule has 0 aromatic carbocycles. The second-order valence-corrected chi connectivity index (χ2v) is 4.93. The first-order valence-corrected chi connectivity index (χ1v) is 6.31. The van der Waals surface area contributed by atoms with Crippen molar-refractivity contribution in [1.82, 2.24) is 20.7 Å². The van der Waals surface area contributed by atoms with Crippen LogP contribution < -0.4 is 5.48 Å². The molecule has 0 saturated carbocycles. The highest BCUT2D eigenvalue weighted by molar-refractivity contribution is 7.99. The summed E-state index contributed by atoms with van der Waals surface area (Å²) in [5.41, 5.74) is 3.81. The number of amides is 1. The van der Waals surface area contributed by atoms with Crippen molar-refractivity contribution in [2.45, 2.75) is 23.9 Å². The molecule has 0 atom stereocenters. The number of carbonyl (C=O) groups is 1. The molecule has 0 unspecified atom stereocenters. The Labute approximate surface area is 114 Å². The summed E-state index contributed by atoms with van der Waals surface area (Å²) in [6.45, 7) is 3.87. The number of carbonyl (C=O) groups excluding carboxylic acids is 1. The minimum Gasteiger partial charge on any atom is -0.288 e. The molecule has 0 aliphatic carbocycles. The maximum absolute atomic E-state index is 11.5. The minimum absolute atomic E-state index is 0.253. The van der Waals surface area contributed by atoms with Crippen molar-refractivity contribution >= 4 is 17.7 Å². The molecule has 2 aromatic rings. The Balaban J connectivity index is 2.35. The van der Waals surface area contributed by atoms with Crippen LogP contribution in [0.4, 0.5) is 0 Å². The second kappa shape index (κ2) is 5.77. The fourth-order valence-corrected chi connectivity index (χ4v) is 2.57. The van der Waals surface area contributed by atoms with Gasteiger partial charge < -0.3 is 0 Å². The van der Waals surface area contributed by atoms with Gasteiger partial charge in [-0.05, 0) is 49.4 Å². The Morgan fingerprint density at radius 3 is 2.84 bits per heavy atom. The highest BCUT2D eigenvalue weighted by atomic mass is 32.2. The lowest BCUT2D eigenvalue weighted by molar-refractivity contribution is 0.0702. The third-order valence-electron chi connectivity index (χ3n) is 2.31. The van der Waals surface area contributed by atoms with Crippen LogP contribution in [0.5, 0.6) is 0 Å². The molecule has 2 heterocycles. The summed E-state index contributed by atoms with van der Waals surface area (Å²) in [4.78, 5) is 15.9. The molecule has 6 nitrogen and oxygen atoms in total. The van der Waals surface area contributed by atoms with Gasteiger partial charge in [-0.1, -0.05) is 0 Å². The molecule has 2 N–H and O–H groups in total. The van der Waals surface area contributed by atoms with E-state index in [4.69, 9.17) is 5.21 Å². The number of hydroxylamine groups is 1. The molecular weight excluding hydrogens is 264 g/mol. The molecule has 2 rings (SSSR count). The monoisotopic (exact) mass is 276 g/mol. The van der Waals surface area contributed by atoms with Crippen LogP contribution in [0.2, 0.25) is 0 Å². The average Bonchev–Trinajstić information content (AvgIpc) is 2.37. The molecule has 0 spiro atoms. The number of nitrogens with zero attached hydrogens (tertiary/aromatic N) is 3. The summed E-state index contributed by atoms with van der Waals surface area (Å²) in [5.74, 6) is -0.623. The molecule has 98 valence electrons. The fourth-order valence-electron chi connectivity index (χ4n) is 1.58. The summed E-state index contributed by atoms with van der Waals surface area (Å²) >= 11 is 1.23. The predicted octanol–water partition coefficient (Wildman–Crippen LogP) is 1.76. The number of hydrogen-bond donors (Lipinski definition) is 2. The van der Waals surface area contributed by atoms with Gasteiger partial charge in [0.25, 0.3) is 5.91 Å². The Morgan fingerprint density at radius 2 is 2.16 bits per heavy atom. The van der Waals surface area contributed by atoms with Crippen LogP contribution in [0, 0.1) is 13.8 Å². The van der Waals surface area contributed by atoms with Crippen molar-refractivity contribution in [2.75, 3.05) is 0 Å². The van der Waals surface area contributed by atoms with Gasteiger partial charge in [0, 0.05) is 5.69 Å². The number of aryl methyl sites for hydroxylation is 2. The third kappa shape index (κ3) is 3.27. The van der Waals surface area contributed by atoms with Crippen molar-refractivity contribution in [3.8, 4) is 0 Å². The first-order valence-electron chi connectivity index (χ1n) is 5.49. The van der Waals surface area contributed by atoms with Gasteiger partial charge in [0.15, 0.2) is 0 Å². The Kier molecular flexibility index (Phi) is 4.08. The van der Waals surface area contributed by atoms with Crippen molar-refractivity contribution < 1.29 is 10.0 Å². The van der Waals surface area contributed by atoms with Crippen LogP contribution in [0.25, 0.3) is 0 Å². The number of hydrogen-bond acceptors (Lipinski definition) is 6. The van der Waals surface area contributed by atoms with Gasteiger partial charge in [0.2, 0.25) is 0 Å². The molecular formula is C12H12N4O2S. The van der Waals surface area contributed by atoms with E-state index in [2.05, 4.69) is 15.2 Å². The molecule has 0 bridgehead atoms. The quantitative estimate of drug-likeness (QED) is 0.656.